The predicted molar refractivity (Wildman–Crippen MR) is 112 cm³/mol. The van der Waals surface area contributed by atoms with Crippen molar-refractivity contribution in [3.05, 3.63) is 48.5 Å². The first-order valence-corrected chi connectivity index (χ1v) is 11.5. The van der Waals surface area contributed by atoms with E-state index in [2.05, 4.69) is 0 Å². The molecule has 6 nitrogen and oxygen atoms in total. The van der Waals surface area contributed by atoms with Crippen LogP contribution in [0.4, 0.5) is 5.69 Å². The average Bonchev–Trinajstić information content (AvgIpc) is 2.66. The zero-order valence-corrected chi connectivity index (χ0v) is 18.0. The number of esters is 1. The first-order valence-electron chi connectivity index (χ1n) is 8.87. The van der Waals surface area contributed by atoms with Gasteiger partial charge < -0.3 is 9.47 Å². The second kappa shape index (κ2) is 9.84. The molecule has 0 atom stereocenters. The normalized spacial score (nSPS) is 11.3. The van der Waals surface area contributed by atoms with Crippen molar-refractivity contribution in [2.24, 2.45) is 0 Å². The molecule has 152 valence electrons. The van der Waals surface area contributed by atoms with Crippen LogP contribution >= 0.6 is 11.8 Å². The number of nitrogens with zero attached hydrogens (tertiary/aromatic N) is 1. The van der Waals surface area contributed by atoms with Crippen LogP contribution in [0.15, 0.2) is 58.3 Å². The van der Waals surface area contributed by atoms with Gasteiger partial charge in [0.2, 0.25) is 0 Å². The average molecular weight is 424 g/mol. The molecule has 0 aliphatic heterocycles. The van der Waals surface area contributed by atoms with Crippen molar-refractivity contribution >= 4 is 33.4 Å². The number of ether oxygens (including phenoxy) is 2. The Morgan fingerprint density at radius 3 is 2.18 bits per heavy atom. The molecule has 0 aromatic heterocycles. The second-order valence-corrected chi connectivity index (χ2v) is 8.89. The van der Waals surface area contributed by atoms with Crippen molar-refractivity contribution in [2.75, 3.05) is 23.7 Å². The van der Waals surface area contributed by atoms with Crippen LogP contribution in [0.3, 0.4) is 0 Å². The Morgan fingerprint density at radius 1 is 1.07 bits per heavy atom. The van der Waals surface area contributed by atoms with Crippen LogP contribution in [-0.4, -0.2) is 39.9 Å². The van der Waals surface area contributed by atoms with Crippen molar-refractivity contribution < 1.29 is 22.7 Å². The van der Waals surface area contributed by atoms with E-state index < -0.39 is 22.5 Å². The highest BCUT2D eigenvalue weighted by molar-refractivity contribution is 7.98. The van der Waals surface area contributed by atoms with Crippen molar-refractivity contribution in [1.29, 1.82) is 0 Å². The summed E-state index contributed by atoms with van der Waals surface area (Å²) < 4.78 is 38.1. The lowest BCUT2D eigenvalue weighted by atomic mass is 10.3. The van der Waals surface area contributed by atoms with Crippen LogP contribution in [0.2, 0.25) is 0 Å². The molecule has 2 rings (SSSR count). The van der Waals surface area contributed by atoms with Gasteiger partial charge in [-0.15, -0.1) is 11.8 Å². The summed E-state index contributed by atoms with van der Waals surface area (Å²) in [5.41, 5.74) is 0.359. The lowest BCUT2D eigenvalue weighted by Crippen LogP contribution is -2.36. The summed E-state index contributed by atoms with van der Waals surface area (Å²) in [6.45, 7) is 5.25. The number of benzene rings is 2. The predicted octanol–water partition coefficient (Wildman–Crippen LogP) is 3.95. The fraction of sp³-hybridized carbons (Fsp3) is 0.350. The van der Waals surface area contributed by atoms with Gasteiger partial charge in [0.1, 0.15) is 12.3 Å². The summed E-state index contributed by atoms with van der Waals surface area (Å²) in [6.07, 6.45) is 1.91. The summed E-state index contributed by atoms with van der Waals surface area (Å²) in [5.74, 6) is 0.00544. The Labute approximate surface area is 170 Å². The van der Waals surface area contributed by atoms with E-state index in [1.54, 1.807) is 43.3 Å². The highest BCUT2D eigenvalue weighted by Crippen LogP contribution is 2.27. The van der Waals surface area contributed by atoms with Gasteiger partial charge in [-0.2, -0.15) is 0 Å². The number of carbonyl (C=O) groups excluding carboxylic acids is 1. The summed E-state index contributed by atoms with van der Waals surface area (Å²) in [5, 5.41) is 0. The van der Waals surface area contributed by atoms with E-state index in [0.717, 1.165) is 9.20 Å². The number of hydrogen-bond acceptors (Lipinski definition) is 6. The molecule has 8 heteroatoms. The minimum Gasteiger partial charge on any atom is -0.491 e. The number of anilines is 1. The molecular formula is C20H25NO5S2. The molecule has 2 aromatic carbocycles. The van der Waals surface area contributed by atoms with Gasteiger partial charge in [0, 0.05) is 4.90 Å². The first-order chi connectivity index (χ1) is 13.3. The molecule has 28 heavy (non-hydrogen) atoms. The summed E-state index contributed by atoms with van der Waals surface area (Å²) in [7, 11) is -3.95. The molecule has 0 bridgehead atoms. The number of rotatable bonds is 9. The Kier molecular flexibility index (Phi) is 7.77. The molecule has 0 aliphatic rings. The van der Waals surface area contributed by atoms with Gasteiger partial charge in [0.15, 0.2) is 0 Å². The van der Waals surface area contributed by atoms with Gasteiger partial charge >= 0.3 is 5.97 Å². The third-order valence-electron chi connectivity index (χ3n) is 3.72. The maximum atomic E-state index is 13.2. The third kappa shape index (κ3) is 5.65. The van der Waals surface area contributed by atoms with Gasteiger partial charge in [-0.25, -0.2) is 8.42 Å². The van der Waals surface area contributed by atoms with Crippen molar-refractivity contribution in [3.63, 3.8) is 0 Å². The molecule has 0 unspecified atom stereocenters. The van der Waals surface area contributed by atoms with Crippen LogP contribution in [0.1, 0.15) is 20.8 Å². The minimum absolute atomic E-state index is 0.000155. The SMILES string of the molecule is CCOC(=O)CN(c1ccc(OC(C)C)cc1)S(=O)(=O)c1ccc(SC)cc1. The van der Waals surface area contributed by atoms with Crippen LogP contribution in [0.25, 0.3) is 0 Å². The second-order valence-electron chi connectivity index (χ2n) is 6.15. The Bertz CT molecular complexity index is 878. The fourth-order valence-electron chi connectivity index (χ4n) is 2.48. The Balaban J connectivity index is 2.41. The summed E-state index contributed by atoms with van der Waals surface area (Å²) in [4.78, 5) is 13.1. The van der Waals surface area contributed by atoms with Crippen molar-refractivity contribution in [3.8, 4) is 5.75 Å². The van der Waals surface area contributed by atoms with E-state index in [4.69, 9.17) is 9.47 Å². The van der Waals surface area contributed by atoms with Gasteiger partial charge in [0.25, 0.3) is 10.0 Å². The summed E-state index contributed by atoms with van der Waals surface area (Å²) in [6, 6.07) is 13.1. The maximum absolute atomic E-state index is 13.2. The highest BCUT2D eigenvalue weighted by Gasteiger charge is 2.27. The zero-order chi connectivity index (χ0) is 20.7. The molecule has 0 saturated heterocycles. The number of carbonyl (C=O) groups is 1. The molecule has 2 aromatic rings. The monoisotopic (exact) mass is 423 g/mol. The van der Waals surface area contributed by atoms with Crippen LogP contribution in [0.5, 0.6) is 5.75 Å². The zero-order valence-electron chi connectivity index (χ0n) is 16.4. The topological polar surface area (TPSA) is 72.9 Å². The van der Waals surface area contributed by atoms with E-state index in [1.165, 1.54) is 23.9 Å². The summed E-state index contributed by atoms with van der Waals surface area (Å²) >= 11 is 1.52. The lowest BCUT2D eigenvalue weighted by Gasteiger charge is -2.24. The van der Waals surface area contributed by atoms with E-state index in [0.29, 0.717) is 11.4 Å². The van der Waals surface area contributed by atoms with E-state index in [1.807, 2.05) is 20.1 Å². The quantitative estimate of drug-likeness (QED) is 0.449. The van der Waals surface area contributed by atoms with Crippen molar-refractivity contribution in [1.82, 2.24) is 0 Å². The van der Waals surface area contributed by atoms with Gasteiger partial charge in [-0.1, -0.05) is 0 Å². The molecule has 0 N–H and O–H groups in total. The Hall–Kier alpha value is -2.19. The van der Waals surface area contributed by atoms with E-state index in [9.17, 15) is 13.2 Å². The van der Waals surface area contributed by atoms with E-state index >= 15 is 0 Å². The van der Waals surface area contributed by atoms with Crippen molar-refractivity contribution in [2.45, 2.75) is 36.7 Å². The van der Waals surface area contributed by atoms with Gasteiger partial charge in [-0.05, 0) is 75.6 Å². The number of hydrogen-bond donors (Lipinski definition) is 0. The standard InChI is InChI=1S/C20H25NO5S2/c1-5-25-20(22)14-21(16-6-8-17(9-7-16)26-15(2)3)28(23,24)19-12-10-18(27-4)11-13-19/h6-13,15H,5,14H2,1-4H3. The Morgan fingerprint density at radius 2 is 1.68 bits per heavy atom. The largest absolute Gasteiger partial charge is 0.491 e. The fourth-order valence-corrected chi connectivity index (χ4v) is 4.29. The van der Waals surface area contributed by atoms with Crippen LogP contribution in [-0.2, 0) is 19.6 Å². The molecule has 0 spiro atoms. The number of sulfonamides is 1. The van der Waals surface area contributed by atoms with Crippen LogP contribution in [0, 0.1) is 0 Å². The first kappa shape index (κ1) is 22.1. The third-order valence-corrected chi connectivity index (χ3v) is 6.25. The maximum Gasteiger partial charge on any atom is 0.326 e. The van der Waals surface area contributed by atoms with Gasteiger partial charge in [0.05, 0.1) is 23.3 Å². The molecular weight excluding hydrogens is 398 g/mol. The van der Waals surface area contributed by atoms with E-state index in [-0.39, 0.29) is 17.6 Å². The smallest absolute Gasteiger partial charge is 0.326 e. The molecule has 0 fully saturated rings. The molecule has 0 heterocycles. The molecule has 0 radical (unpaired) electrons. The lowest BCUT2D eigenvalue weighted by molar-refractivity contribution is -0.141. The minimum atomic E-state index is -3.95. The van der Waals surface area contributed by atoms with Gasteiger partial charge in [-0.3, -0.25) is 9.10 Å². The number of thioether (sulfide) groups is 1. The molecule has 0 saturated carbocycles. The van der Waals surface area contributed by atoms with Crippen LogP contribution < -0.4 is 9.04 Å². The molecule has 0 amide bonds. The highest BCUT2D eigenvalue weighted by atomic mass is 32.2. The molecule has 0 aliphatic carbocycles.